The van der Waals surface area contributed by atoms with E-state index in [1.54, 1.807) is 18.2 Å². The molecule has 0 fully saturated rings. The fourth-order valence-corrected chi connectivity index (χ4v) is 2.46. The first-order valence-corrected chi connectivity index (χ1v) is 6.82. The third-order valence-corrected chi connectivity index (χ3v) is 3.56. The minimum atomic E-state index is -0.441. The zero-order chi connectivity index (χ0) is 14.8. The molecular formula is C17H12O3S. The van der Waals surface area contributed by atoms with Crippen molar-refractivity contribution in [3.8, 4) is 11.3 Å². The standard InChI is InChI=1S/C17H12O3S/c1-19-17(18)13-9-5-8-12-15(21)10-14(20-16(12)13)11-6-3-2-4-7-11/h2-10H,1H3. The Kier molecular flexibility index (Phi) is 3.54. The van der Waals surface area contributed by atoms with Crippen molar-refractivity contribution in [3.05, 3.63) is 64.7 Å². The van der Waals surface area contributed by atoms with E-state index in [9.17, 15) is 4.79 Å². The van der Waals surface area contributed by atoms with E-state index in [0.29, 0.717) is 21.4 Å². The van der Waals surface area contributed by atoms with E-state index in [-0.39, 0.29) is 0 Å². The molecule has 0 unspecified atom stereocenters. The smallest absolute Gasteiger partial charge is 0.341 e. The molecule has 0 saturated heterocycles. The summed E-state index contributed by atoms with van der Waals surface area (Å²) in [5.41, 5.74) is 1.74. The van der Waals surface area contributed by atoms with Gasteiger partial charge in [-0.2, -0.15) is 0 Å². The SMILES string of the molecule is COC(=O)c1cccc2c(=S)cc(-c3ccccc3)oc12. The molecule has 0 radical (unpaired) electrons. The van der Waals surface area contributed by atoms with Gasteiger partial charge in [-0.1, -0.05) is 48.6 Å². The van der Waals surface area contributed by atoms with Crippen molar-refractivity contribution in [1.82, 2.24) is 0 Å². The Morgan fingerprint density at radius 2 is 1.86 bits per heavy atom. The topological polar surface area (TPSA) is 39.4 Å². The second kappa shape index (κ2) is 5.50. The van der Waals surface area contributed by atoms with Crippen LogP contribution in [0.5, 0.6) is 0 Å². The third-order valence-electron chi connectivity index (χ3n) is 3.22. The van der Waals surface area contributed by atoms with Gasteiger partial charge in [0.1, 0.15) is 11.3 Å². The molecule has 3 nitrogen and oxygen atoms in total. The maximum Gasteiger partial charge on any atom is 0.341 e. The van der Waals surface area contributed by atoms with Crippen LogP contribution in [0.25, 0.3) is 22.3 Å². The van der Waals surface area contributed by atoms with Crippen molar-refractivity contribution >= 4 is 29.2 Å². The molecule has 21 heavy (non-hydrogen) atoms. The molecule has 0 saturated carbocycles. The van der Waals surface area contributed by atoms with E-state index in [2.05, 4.69) is 0 Å². The zero-order valence-corrected chi connectivity index (χ0v) is 12.1. The van der Waals surface area contributed by atoms with Gasteiger partial charge in [0, 0.05) is 17.0 Å². The highest BCUT2D eigenvalue weighted by atomic mass is 32.1. The zero-order valence-electron chi connectivity index (χ0n) is 11.3. The van der Waals surface area contributed by atoms with E-state index in [0.717, 1.165) is 10.9 Å². The first-order chi connectivity index (χ1) is 10.2. The number of hydrogen-bond donors (Lipinski definition) is 0. The lowest BCUT2D eigenvalue weighted by Crippen LogP contribution is -2.02. The lowest BCUT2D eigenvalue weighted by Gasteiger charge is -2.07. The normalized spacial score (nSPS) is 10.5. The van der Waals surface area contributed by atoms with E-state index < -0.39 is 5.97 Å². The van der Waals surface area contributed by atoms with Gasteiger partial charge >= 0.3 is 5.97 Å². The summed E-state index contributed by atoms with van der Waals surface area (Å²) in [6, 6.07) is 16.7. The van der Waals surface area contributed by atoms with Crippen LogP contribution in [0.4, 0.5) is 0 Å². The number of para-hydroxylation sites is 1. The van der Waals surface area contributed by atoms with E-state index in [4.69, 9.17) is 21.4 Å². The molecule has 0 spiro atoms. The molecule has 104 valence electrons. The van der Waals surface area contributed by atoms with Gasteiger partial charge in [0.15, 0.2) is 5.58 Å². The van der Waals surface area contributed by atoms with Crippen molar-refractivity contribution in [3.63, 3.8) is 0 Å². The molecule has 2 aromatic carbocycles. The van der Waals surface area contributed by atoms with Crippen LogP contribution in [0.1, 0.15) is 10.4 Å². The monoisotopic (exact) mass is 296 g/mol. The van der Waals surface area contributed by atoms with Crippen LogP contribution in [0.15, 0.2) is 59.0 Å². The highest BCUT2D eigenvalue weighted by molar-refractivity contribution is 7.71. The number of esters is 1. The molecule has 1 heterocycles. The van der Waals surface area contributed by atoms with Crippen molar-refractivity contribution < 1.29 is 13.9 Å². The Morgan fingerprint density at radius 1 is 1.10 bits per heavy atom. The second-order valence-corrected chi connectivity index (χ2v) is 4.95. The van der Waals surface area contributed by atoms with Crippen LogP contribution in [0.2, 0.25) is 0 Å². The van der Waals surface area contributed by atoms with E-state index in [1.165, 1.54) is 7.11 Å². The predicted octanol–water partition coefficient (Wildman–Crippen LogP) is 4.62. The first kappa shape index (κ1) is 13.5. The second-order valence-electron chi connectivity index (χ2n) is 4.51. The molecule has 0 bridgehead atoms. The van der Waals surface area contributed by atoms with Crippen LogP contribution in [0.3, 0.4) is 0 Å². The molecule has 0 aliphatic carbocycles. The number of benzene rings is 2. The highest BCUT2D eigenvalue weighted by Crippen LogP contribution is 2.28. The van der Waals surface area contributed by atoms with Gasteiger partial charge in [-0.15, -0.1) is 0 Å². The van der Waals surface area contributed by atoms with Gasteiger partial charge in [0.05, 0.1) is 11.6 Å². The molecule has 0 atom stereocenters. The Balaban J connectivity index is 2.32. The molecule has 3 aromatic rings. The number of ether oxygens (including phenoxy) is 1. The number of carbonyl (C=O) groups is 1. The molecule has 1 aromatic heterocycles. The molecule has 0 aliphatic rings. The fourth-order valence-electron chi connectivity index (χ4n) is 2.19. The number of rotatable bonds is 2. The summed E-state index contributed by atoms with van der Waals surface area (Å²) < 4.78 is 11.4. The van der Waals surface area contributed by atoms with Crippen LogP contribution in [0, 0.1) is 4.51 Å². The summed E-state index contributed by atoms with van der Waals surface area (Å²) in [6.07, 6.45) is 0. The Hall–Kier alpha value is -2.46. The number of methoxy groups -OCH3 is 1. The van der Waals surface area contributed by atoms with Crippen molar-refractivity contribution in [2.24, 2.45) is 0 Å². The van der Waals surface area contributed by atoms with Gasteiger partial charge in [-0.3, -0.25) is 0 Å². The van der Waals surface area contributed by atoms with Gasteiger partial charge in [0.25, 0.3) is 0 Å². The van der Waals surface area contributed by atoms with Crippen LogP contribution >= 0.6 is 12.2 Å². The Labute approximate surface area is 126 Å². The lowest BCUT2D eigenvalue weighted by atomic mass is 10.1. The van der Waals surface area contributed by atoms with Crippen molar-refractivity contribution in [2.45, 2.75) is 0 Å². The largest absolute Gasteiger partial charge is 0.465 e. The average Bonchev–Trinajstić information content (AvgIpc) is 2.54. The summed E-state index contributed by atoms with van der Waals surface area (Å²) in [5, 5.41) is 0.729. The lowest BCUT2D eigenvalue weighted by molar-refractivity contribution is 0.0601. The van der Waals surface area contributed by atoms with Crippen molar-refractivity contribution in [1.29, 1.82) is 0 Å². The Morgan fingerprint density at radius 3 is 2.57 bits per heavy atom. The van der Waals surface area contributed by atoms with Gasteiger partial charge in [-0.25, -0.2) is 4.79 Å². The summed E-state index contributed by atoms with van der Waals surface area (Å²) in [6.45, 7) is 0. The van der Waals surface area contributed by atoms with Crippen LogP contribution in [-0.4, -0.2) is 13.1 Å². The molecule has 0 aliphatic heterocycles. The summed E-state index contributed by atoms with van der Waals surface area (Å²) in [7, 11) is 1.34. The van der Waals surface area contributed by atoms with Crippen molar-refractivity contribution in [2.75, 3.05) is 7.11 Å². The minimum absolute atomic E-state index is 0.374. The van der Waals surface area contributed by atoms with Gasteiger partial charge in [-0.05, 0) is 12.1 Å². The van der Waals surface area contributed by atoms with E-state index >= 15 is 0 Å². The summed E-state index contributed by atoms with van der Waals surface area (Å²) in [5.74, 6) is 0.188. The summed E-state index contributed by atoms with van der Waals surface area (Å²) in [4.78, 5) is 11.9. The third kappa shape index (κ3) is 2.45. The minimum Gasteiger partial charge on any atom is -0.465 e. The molecule has 4 heteroatoms. The maximum atomic E-state index is 11.9. The van der Waals surface area contributed by atoms with E-state index in [1.807, 2.05) is 36.4 Å². The molecule has 3 rings (SSSR count). The number of carbonyl (C=O) groups excluding carboxylic acids is 1. The molecule has 0 N–H and O–H groups in total. The highest BCUT2D eigenvalue weighted by Gasteiger charge is 2.14. The van der Waals surface area contributed by atoms with Gasteiger partial charge < -0.3 is 9.15 Å². The molecular weight excluding hydrogens is 284 g/mol. The van der Waals surface area contributed by atoms with Crippen LogP contribution in [-0.2, 0) is 4.74 Å². The quantitative estimate of drug-likeness (QED) is 0.511. The first-order valence-electron chi connectivity index (χ1n) is 6.41. The fraction of sp³-hybridized carbons (Fsp3) is 0.0588. The van der Waals surface area contributed by atoms with Gasteiger partial charge in [0.2, 0.25) is 0 Å². The predicted molar refractivity (Wildman–Crippen MR) is 83.8 cm³/mol. The number of fused-ring (bicyclic) bond motifs is 1. The van der Waals surface area contributed by atoms with Crippen LogP contribution < -0.4 is 0 Å². The maximum absolute atomic E-state index is 11.9. The average molecular weight is 296 g/mol. The molecule has 0 amide bonds. The Bertz CT molecular complexity index is 866. The number of hydrogen-bond acceptors (Lipinski definition) is 4. The summed E-state index contributed by atoms with van der Waals surface area (Å²) >= 11 is 5.41.